The topological polar surface area (TPSA) is 70.7 Å². The van der Waals surface area contributed by atoms with Gasteiger partial charge in [0, 0.05) is 30.9 Å². The second kappa shape index (κ2) is 9.61. The Balaban J connectivity index is 0.00000288. The molecule has 1 aliphatic heterocycles. The van der Waals surface area contributed by atoms with Gasteiger partial charge in [-0.1, -0.05) is 6.07 Å². The summed E-state index contributed by atoms with van der Waals surface area (Å²) in [7, 11) is 0. The van der Waals surface area contributed by atoms with Crippen LogP contribution in [0.15, 0.2) is 24.3 Å². The van der Waals surface area contributed by atoms with E-state index in [1.54, 1.807) is 29.2 Å². The molecular formula is C17H26ClN3O3. The van der Waals surface area contributed by atoms with Crippen LogP contribution in [-0.4, -0.2) is 55.1 Å². The average molecular weight is 356 g/mol. The molecule has 0 bridgehead atoms. The van der Waals surface area contributed by atoms with Gasteiger partial charge in [-0.15, -0.1) is 12.4 Å². The van der Waals surface area contributed by atoms with Gasteiger partial charge in [0.05, 0.1) is 12.7 Å². The molecule has 0 aromatic heterocycles. The zero-order valence-electron chi connectivity index (χ0n) is 14.4. The van der Waals surface area contributed by atoms with Crippen molar-refractivity contribution in [3.63, 3.8) is 0 Å². The van der Waals surface area contributed by atoms with Gasteiger partial charge >= 0.3 is 0 Å². The summed E-state index contributed by atoms with van der Waals surface area (Å²) in [5.74, 6) is -0.178. The maximum absolute atomic E-state index is 12.4. The fourth-order valence-corrected chi connectivity index (χ4v) is 2.67. The molecule has 2 atom stereocenters. The second-order valence-electron chi connectivity index (χ2n) is 5.56. The van der Waals surface area contributed by atoms with Crippen LogP contribution >= 0.6 is 12.4 Å². The Morgan fingerprint density at radius 2 is 2.04 bits per heavy atom. The van der Waals surface area contributed by atoms with Crippen LogP contribution in [0.4, 0.5) is 5.69 Å². The number of amides is 2. The number of rotatable bonds is 5. The Kier molecular flexibility index (Phi) is 8.18. The van der Waals surface area contributed by atoms with Gasteiger partial charge in [-0.05, 0) is 39.0 Å². The van der Waals surface area contributed by atoms with Gasteiger partial charge in [0.15, 0.2) is 0 Å². The van der Waals surface area contributed by atoms with E-state index < -0.39 is 0 Å². The molecule has 0 spiro atoms. The molecule has 7 heteroatoms. The summed E-state index contributed by atoms with van der Waals surface area (Å²) in [5.41, 5.74) is 1.19. The van der Waals surface area contributed by atoms with Gasteiger partial charge in [-0.2, -0.15) is 0 Å². The highest BCUT2D eigenvalue weighted by atomic mass is 35.5. The van der Waals surface area contributed by atoms with Crippen molar-refractivity contribution in [2.45, 2.75) is 32.9 Å². The lowest BCUT2D eigenvalue weighted by molar-refractivity contribution is -0.123. The predicted molar refractivity (Wildman–Crippen MR) is 96.8 cm³/mol. The number of ether oxygens (including phenoxy) is 1. The largest absolute Gasteiger partial charge is 0.375 e. The second-order valence-corrected chi connectivity index (χ2v) is 5.56. The lowest BCUT2D eigenvalue weighted by atomic mass is 10.1. The van der Waals surface area contributed by atoms with E-state index in [-0.39, 0.29) is 36.4 Å². The van der Waals surface area contributed by atoms with Crippen LogP contribution in [0.1, 0.15) is 31.1 Å². The van der Waals surface area contributed by atoms with Crippen LogP contribution in [0, 0.1) is 0 Å². The summed E-state index contributed by atoms with van der Waals surface area (Å²) in [6.45, 7) is 8.35. The molecule has 1 heterocycles. The fourth-order valence-electron chi connectivity index (χ4n) is 2.67. The minimum Gasteiger partial charge on any atom is -0.375 e. The smallest absolute Gasteiger partial charge is 0.253 e. The Labute approximate surface area is 149 Å². The first-order valence-electron chi connectivity index (χ1n) is 8.12. The number of carbonyl (C=O) groups excluding carboxylic acids is 2. The molecule has 24 heavy (non-hydrogen) atoms. The molecule has 134 valence electrons. The van der Waals surface area contributed by atoms with E-state index in [2.05, 4.69) is 10.6 Å². The minimum absolute atomic E-state index is 0. The molecule has 0 radical (unpaired) electrons. The number of nitrogens with zero attached hydrogens (tertiary/aromatic N) is 1. The van der Waals surface area contributed by atoms with Crippen LogP contribution in [0.2, 0.25) is 0 Å². The molecule has 0 saturated carbocycles. The molecule has 2 amide bonds. The Hall–Kier alpha value is -1.63. The lowest BCUT2D eigenvalue weighted by Gasteiger charge is -2.29. The van der Waals surface area contributed by atoms with E-state index >= 15 is 0 Å². The first-order chi connectivity index (χ1) is 11.1. The molecule has 0 aliphatic carbocycles. The molecule has 0 unspecified atom stereocenters. The van der Waals surface area contributed by atoms with Crippen LogP contribution in [0.3, 0.4) is 0 Å². The number of halogens is 1. The molecule has 6 nitrogen and oxygen atoms in total. The van der Waals surface area contributed by atoms with E-state index in [9.17, 15) is 9.59 Å². The Bertz CT molecular complexity index is 564. The molecule has 2 rings (SSSR count). The van der Waals surface area contributed by atoms with Crippen LogP contribution in [0.5, 0.6) is 0 Å². The summed E-state index contributed by atoms with van der Waals surface area (Å²) in [6, 6.07) is 6.66. The Morgan fingerprint density at radius 1 is 1.33 bits per heavy atom. The standard InChI is InChI=1S/C17H25N3O3.ClH/c1-4-20(5-2)17(22)13-7-6-8-14(11-13)19-16(21)15-12(3)23-10-9-18-15;/h6-8,11-12,15,18H,4-5,9-10H2,1-3H3,(H,19,21);1H/t12-,15+;/m1./s1. The lowest BCUT2D eigenvalue weighted by Crippen LogP contribution is -2.53. The normalized spacial score (nSPS) is 20.0. The van der Waals surface area contributed by atoms with Crippen molar-refractivity contribution >= 4 is 29.9 Å². The number of carbonyl (C=O) groups is 2. The number of hydrogen-bond donors (Lipinski definition) is 2. The van der Waals surface area contributed by atoms with Gasteiger partial charge in [0.2, 0.25) is 5.91 Å². The molecule has 2 N–H and O–H groups in total. The van der Waals surface area contributed by atoms with Crippen molar-refractivity contribution in [3.8, 4) is 0 Å². The summed E-state index contributed by atoms with van der Waals surface area (Å²) in [4.78, 5) is 26.5. The molecule has 1 aliphatic rings. The highest BCUT2D eigenvalue weighted by Crippen LogP contribution is 2.14. The predicted octanol–water partition coefficient (Wildman–Crippen LogP) is 1.91. The molecule has 1 aromatic carbocycles. The number of hydrogen-bond acceptors (Lipinski definition) is 4. The zero-order chi connectivity index (χ0) is 16.8. The van der Waals surface area contributed by atoms with Crippen LogP contribution < -0.4 is 10.6 Å². The maximum atomic E-state index is 12.4. The van der Waals surface area contributed by atoms with Crippen molar-refractivity contribution in [3.05, 3.63) is 29.8 Å². The van der Waals surface area contributed by atoms with Crippen LogP contribution in [0.25, 0.3) is 0 Å². The maximum Gasteiger partial charge on any atom is 0.253 e. The third-order valence-corrected chi connectivity index (χ3v) is 4.03. The first kappa shape index (κ1) is 20.4. The first-order valence-corrected chi connectivity index (χ1v) is 8.12. The highest BCUT2D eigenvalue weighted by Gasteiger charge is 2.28. The van der Waals surface area contributed by atoms with E-state index in [0.29, 0.717) is 37.5 Å². The van der Waals surface area contributed by atoms with Crippen molar-refractivity contribution < 1.29 is 14.3 Å². The van der Waals surface area contributed by atoms with Gasteiger partial charge < -0.3 is 20.3 Å². The van der Waals surface area contributed by atoms with Gasteiger partial charge in [0.25, 0.3) is 5.91 Å². The highest BCUT2D eigenvalue weighted by molar-refractivity contribution is 5.98. The number of anilines is 1. The van der Waals surface area contributed by atoms with Crippen molar-refractivity contribution in [2.24, 2.45) is 0 Å². The monoisotopic (exact) mass is 355 g/mol. The SMILES string of the molecule is CCN(CC)C(=O)c1cccc(NC(=O)[C@H]2NCCO[C@@H]2C)c1.Cl. The third-order valence-electron chi connectivity index (χ3n) is 4.03. The van der Waals surface area contributed by atoms with Crippen molar-refractivity contribution in [1.82, 2.24) is 10.2 Å². The third kappa shape index (κ3) is 4.93. The molecule has 1 aromatic rings. The quantitative estimate of drug-likeness (QED) is 0.846. The van der Waals surface area contributed by atoms with E-state index in [1.807, 2.05) is 20.8 Å². The molecule has 1 saturated heterocycles. The van der Waals surface area contributed by atoms with Gasteiger partial charge in [0.1, 0.15) is 6.04 Å². The summed E-state index contributed by atoms with van der Waals surface area (Å²) in [5, 5.41) is 6.01. The minimum atomic E-state index is -0.383. The van der Waals surface area contributed by atoms with E-state index in [4.69, 9.17) is 4.74 Å². The molecular weight excluding hydrogens is 330 g/mol. The van der Waals surface area contributed by atoms with Crippen molar-refractivity contribution in [2.75, 3.05) is 31.6 Å². The number of morpholine rings is 1. The zero-order valence-corrected chi connectivity index (χ0v) is 15.2. The van der Waals surface area contributed by atoms with E-state index in [1.165, 1.54) is 0 Å². The summed E-state index contributed by atoms with van der Waals surface area (Å²) < 4.78 is 5.49. The number of benzene rings is 1. The van der Waals surface area contributed by atoms with Crippen molar-refractivity contribution in [1.29, 1.82) is 0 Å². The average Bonchev–Trinajstić information content (AvgIpc) is 2.56. The molecule has 1 fully saturated rings. The fraction of sp³-hybridized carbons (Fsp3) is 0.529. The Morgan fingerprint density at radius 3 is 2.67 bits per heavy atom. The summed E-state index contributed by atoms with van der Waals surface area (Å²) >= 11 is 0. The number of nitrogens with one attached hydrogen (secondary N) is 2. The van der Waals surface area contributed by atoms with Gasteiger partial charge in [-0.25, -0.2) is 0 Å². The van der Waals surface area contributed by atoms with E-state index in [0.717, 1.165) is 0 Å². The van der Waals surface area contributed by atoms with Gasteiger partial charge in [-0.3, -0.25) is 9.59 Å². The van der Waals surface area contributed by atoms with Crippen LogP contribution in [-0.2, 0) is 9.53 Å². The summed E-state index contributed by atoms with van der Waals surface area (Å²) in [6.07, 6.45) is -0.177.